The third-order valence-corrected chi connectivity index (χ3v) is 6.22. The number of carbonyl (C=O) groups excluding carboxylic acids is 1. The van der Waals surface area contributed by atoms with Gasteiger partial charge in [0.2, 0.25) is 0 Å². The van der Waals surface area contributed by atoms with Crippen molar-refractivity contribution in [1.82, 2.24) is 4.98 Å². The third-order valence-electron chi connectivity index (χ3n) is 4.68. The van der Waals surface area contributed by atoms with Gasteiger partial charge in [0.1, 0.15) is 17.3 Å². The molecule has 3 aromatic carbocycles. The topological polar surface area (TPSA) is 45.6 Å². The summed E-state index contributed by atoms with van der Waals surface area (Å²) in [6, 6.07) is 19.3. The highest BCUT2D eigenvalue weighted by Gasteiger charge is 2.34. The molecule has 1 aliphatic heterocycles. The summed E-state index contributed by atoms with van der Waals surface area (Å²) in [4.78, 5) is 23.9. The first-order valence-corrected chi connectivity index (χ1v) is 10.8. The number of carbonyl (C=O) groups is 1. The average Bonchev–Trinajstić information content (AvgIpc) is 3.31. The van der Waals surface area contributed by atoms with Gasteiger partial charge >= 0.3 is 0 Å². The molecule has 0 aliphatic carbocycles. The van der Waals surface area contributed by atoms with Gasteiger partial charge in [-0.25, -0.2) is 19.3 Å². The number of anilines is 1. The first-order chi connectivity index (χ1) is 15.0. The van der Waals surface area contributed by atoms with E-state index >= 15 is 0 Å². The lowest BCUT2D eigenvalue weighted by atomic mass is 10.2. The van der Waals surface area contributed by atoms with Crippen LogP contribution in [0.3, 0.4) is 0 Å². The quantitative estimate of drug-likeness (QED) is 0.319. The number of halogens is 3. The summed E-state index contributed by atoms with van der Waals surface area (Å²) >= 11 is 13.1. The molecule has 5 rings (SSSR count). The van der Waals surface area contributed by atoms with Crippen molar-refractivity contribution in [3.8, 4) is 0 Å². The molecule has 31 heavy (non-hydrogen) atoms. The fraction of sp³-hybridized carbons (Fsp3) is 0. The lowest BCUT2D eigenvalue weighted by Gasteiger charge is -2.14. The number of fused-ring (bicyclic) bond motifs is 1. The third kappa shape index (κ3) is 3.74. The minimum atomic E-state index is -0.530. The maximum atomic E-state index is 13.9. The summed E-state index contributed by atoms with van der Waals surface area (Å²) in [6.07, 6.45) is 1.70. The van der Waals surface area contributed by atoms with E-state index in [0.717, 1.165) is 11.1 Å². The summed E-state index contributed by atoms with van der Waals surface area (Å²) in [5.41, 5.74) is 2.34. The highest BCUT2D eigenvalue weighted by atomic mass is 35.5. The van der Waals surface area contributed by atoms with Gasteiger partial charge in [-0.15, -0.1) is 0 Å². The predicted molar refractivity (Wildman–Crippen MR) is 124 cm³/mol. The van der Waals surface area contributed by atoms with E-state index in [4.69, 9.17) is 23.2 Å². The van der Waals surface area contributed by atoms with Crippen molar-refractivity contribution in [3.63, 3.8) is 0 Å². The number of aromatic nitrogens is 1. The van der Waals surface area contributed by atoms with Gasteiger partial charge in [-0.05, 0) is 35.9 Å². The van der Waals surface area contributed by atoms with Gasteiger partial charge in [-0.1, -0.05) is 77.0 Å². The van der Waals surface area contributed by atoms with Crippen LogP contribution in [-0.4, -0.2) is 16.7 Å². The Kier molecular flexibility index (Phi) is 5.06. The van der Waals surface area contributed by atoms with E-state index < -0.39 is 5.82 Å². The highest BCUT2D eigenvalue weighted by Crippen LogP contribution is 2.35. The number of thiazole rings is 1. The van der Waals surface area contributed by atoms with Crippen LogP contribution in [0.25, 0.3) is 16.3 Å². The largest absolute Gasteiger partial charge is 0.284 e. The van der Waals surface area contributed by atoms with E-state index in [9.17, 15) is 9.18 Å². The number of hydrogen-bond donors (Lipinski definition) is 0. The van der Waals surface area contributed by atoms with Crippen LogP contribution in [0.4, 0.5) is 9.52 Å². The first kappa shape index (κ1) is 19.9. The molecule has 0 atom stereocenters. The minimum absolute atomic E-state index is 0.0163. The van der Waals surface area contributed by atoms with Crippen LogP contribution < -0.4 is 4.90 Å². The monoisotopic (exact) mass is 467 g/mol. The van der Waals surface area contributed by atoms with Gasteiger partial charge < -0.3 is 0 Å². The Balaban J connectivity index is 1.64. The highest BCUT2D eigenvalue weighted by molar-refractivity contribution is 7.22. The summed E-state index contributed by atoms with van der Waals surface area (Å²) < 4.78 is 14.5. The average molecular weight is 468 g/mol. The van der Waals surface area contributed by atoms with E-state index in [2.05, 4.69) is 9.98 Å². The minimum Gasteiger partial charge on any atom is -0.266 e. The van der Waals surface area contributed by atoms with Crippen LogP contribution in [0.1, 0.15) is 11.1 Å². The van der Waals surface area contributed by atoms with E-state index in [-0.39, 0.29) is 16.6 Å². The summed E-state index contributed by atoms with van der Waals surface area (Å²) in [6.45, 7) is 0. The van der Waals surface area contributed by atoms with Crippen LogP contribution >= 0.6 is 34.5 Å². The van der Waals surface area contributed by atoms with Gasteiger partial charge in [0, 0.05) is 10.6 Å². The van der Waals surface area contributed by atoms with Crippen LogP contribution in [0, 0.1) is 5.82 Å². The normalized spacial score (nSPS) is 15.2. The molecule has 4 nitrogen and oxygen atoms in total. The molecule has 4 aromatic rings. The molecule has 0 fully saturated rings. The smallest absolute Gasteiger partial charge is 0.266 e. The molecule has 1 aromatic heterocycles. The van der Waals surface area contributed by atoms with Crippen molar-refractivity contribution in [2.45, 2.75) is 0 Å². The van der Waals surface area contributed by atoms with Crippen LogP contribution in [0.2, 0.25) is 10.0 Å². The molecule has 1 aliphatic rings. The Morgan fingerprint density at radius 1 is 1.00 bits per heavy atom. The van der Waals surface area contributed by atoms with E-state index in [1.54, 1.807) is 18.2 Å². The molecule has 0 bridgehead atoms. The Morgan fingerprint density at radius 2 is 1.74 bits per heavy atom. The standard InChI is InChI=1S/C23H12Cl2FN3OS/c24-15-8-6-13(7-9-15)10-19-22(30)29(21(27-19)14-4-2-1-3-5-14)23-28-18-11-16(25)17(26)12-20(18)31-23/h1-12H/b19-10-. The fourth-order valence-electron chi connectivity index (χ4n) is 3.20. The number of amidine groups is 1. The zero-order chi connectivity index (χ0) is 21.5. The number of aliphatic imine (C=N–C) groups is 1. The Hall–Kier alpha value is -3.06. The van der Waals surface area contributed by atoms with Crippen molar-refractivity contribution in [2.24, 2.45) is 4.99 Å². The molecule has 8 heteroatoms. The molecule has 152 valence electrons. The van der Waals surface area contributed by atoms with Crippen molar-refractivity contribution < 1.29 is 9.18 Å². The van der Waals surface area contributed by atoms with Gasteiger partial charge in [-0.2, -0.15) is 0 Å². The second-order valence-electron chi connectivity index (χ2n) is 6.75. The van der Waals surface area contributed by atoms with Crippen molar-refractivity contribution in [2.75, 3.05) is 4.90 Å². The molecule has 0 spiro atoms. The number of rotatable bonds is 3. The Labute approximate surface area is 190 Å². The van der Waals surface area contributed by atoms with E-state index in [1.165, 1.54) is 28.4 Å². The number of hydrogen-bond acceptors (Lipinski definition) is 4. The Bertz CT molecular complexity index is 1340. The molecule has 0 radical (unpaired) electrons. The van der Waals surface area contributed by atoms with E-state index in [1.807, 2.05) is 42.5 Å². The zero-order valence-electron chi connectivity index (χ0n) is 15.7. The number of amides is 1. The van der Waals surface area contributed by atoms with E-state index in [0.29, 0.717) is 26.2 Å². The lowest BCUT2D eigenvalue weighted by Crippen LogP contribution is -2.32. The van der Waals surface area contributed by atoms with Crippen molar-refractivity contribution >= 4 is 67.7 Å². The molecular weight excluding hydrogens is 456 g/mol. The molecule has 0 saturated heterocycles. The van der Waals surface area contributed by atoms with Gasteiger partial charge in [0.25, 0.3) is 5.91 Å². The molecule has 2 heterocycles. The SMILES string of the molecule is O=C1/C(=C/c2ccc(Cl)cc2)N=C(c2ccccc2)N1c1nc2cc(Cl)c(F)cc2s1. The lowest BCUT2D eigenvalue weighted by molar-refractivity contribution is -0.113. The Morgan fingerprint density at radius 3 is 2.48 bits per heavy atom. The van der Waals surface area contributed by atoms with Gasteiger partial charge in [0.05, 0.1) is 15.2 Å². The summed E-state index contributed by atoms with van der Waals surface area (Å²) in [5, 5.41) is 0.983. The van der Waals surface area contributed by atoms with Crippen LogP contribution in [0.5, 0.6) is 0 Å². The van der Waals surface area contributed by atoms with Crippen molar-refractivity contribution in [1.29, 1.82) is 0 Å². The summed E-state index contributed by atoms with van der Waals surface area (Å²) in [5.74, 6) is -0.395. The maximum absolute atomic E-state index is 13.9. The summed E-state index contributed by atoms with van der Waals surface area (Å²) in [7, 11) is 0. The zero-order valence-corrected chi connectivity index (χ0v) is 18.0. The first-order valence-electron chi connectivity index (χ1n) is 9.21. The van der Waals surface area contributed by atoms with Gasteiger partial charge in [0.15, 0.2) is 5.13 Å². The number of nitrogens with zero attached hydrogens (tertiary/aromatic N) is 3. The fourth-order valence-corrected chi connectivity index (χ4v) is 4.46. The van der Waals surface area contributed by atoms with Crippen LogP contribution in [-0.2, 0) is 4.79 Å². The van der Waals surface area contributed by atoms with Crippen molar-refractivity contribution in [3.05, 3.63) is 99.4 Å². The maximum Gasteiger partial charge on any atom is 0.284 e. The molecular formula is C23H12Cl2FN3OS. The predicted octanol–water partition coefficient (Wildman–Crippen LogP) is 6.58. The molecule has 0 saturated carbocycles. The second kappa shape index (κ2) is 7.89. The molecule has 0 N–H and O–H groups in total. The van der Waals surface area contributed by atoms with Crippen LogP contribution in [0.15, 0.2) is 77.4 Å². The second-order valence-corrected chi connectivity index (χ2v) is 8.61. The van der Waals surface area contributed by atoms with Gasteiger partial charge in [-0.3, -0.25) is 4.79 Å². The number of benzene rings is 3. The molecule has 0 unspecified atom stereocenters. The molecule has 1 amide bonds.